The smallest absolute Gasteiger partial charge is 0.203 e. The lowest BCUT2D eigenvalue weighted by molar-refractivity contribution is 0.0341. The Morgan fingerprint density at radius 2 is 2.00 bits per heavy atom. The molecule has 2 aromatic carbocycles. The molecule has 0 bridgehead atoms. The molecule has 144 valence electrons. The van der Waals surface area contributed by atoms with Gasteiger partial charge in [0.15, 0.2) is 0 Å². The lowest BCUT2D eigenvalue weighted by Crippen LogP contribution is -2.35. The molecule has 0 unspecified atom stereocenters. The third kappa shape index (κ3) is 4.81. The van der Waals surface area contributed by atoms with Crippen LogP contribution in [-0.2, 0) is 11.3 Å². The van der Waals surface area contributed by atoms with Crippen LogP contribution in [-0.4, -0.2) is 42.4 Å². The van der Waals surface area contributed by atoms with Crippen LogP contribution in [0.4, 0.5) is 9.52 Å². The van der Waals surface area contributed by atoms with Crippen molar-refractivity contribution in [2.24, 2.45) is 5.10 Å². The van der Waals surface area contributed by atoms with Crippen molar-refractivity contribution >= 4 is 22.7 Å². The van der Waals surface area contributed by atoms with Gasteiger partial charge in [-0.3, -0.25) is 10.3 Å². The fourth-order valence-electron chi connectivity index (χ4n) is 3.06. The van der Waals surface area contributed by atoms with E-state index in [4.69, 9.17) is 4.74 Å². The van der Waals surface area contributed by atoms with Gasteiger partial charge < -0.3 is 4.74 Å². The molecule has 1 saturated heterocycles. The largest absolute Gasteiger partial charge is 0.379 e. The zero-order valence-electron chi connectivity index (χ0n) is 15.3. The van der Waals surface area contributed by atoms with Gasteiger partial charge in [-0.05, 0) is 23.3 Å². The van der Waals surface area contributed by atoms with E-state index in [-0.39, 0.29) is 5.82 Å². The van der Waals surface area contributed by atoms with Crippen LogP contribution in [0.15, 0.2) is 59.0 Å². The molecule has 28 heavy (non-hydrogen) atoms. The van der Waals surface area contributed by atoms with E-state index in [1.54, 1.807) is 18.3 Å². The second-order valence-corrected chi connectivity index (χ2v) is 7.36. The quantitative estimate of drug-likeness (QED) is 0.500. The maximum absolute atomic E-state index is 13.7. The van der Waals surface area contributed by atoms with E-state index < -0.39 is 0 Å². The van der Waals surface area contributed by atoms with Gasteiger partial charge >= 0.3 is 0 Å². The Morgan fingerprint density at radius 3 is 2.82 bits per heavy atom. The van der Waals surface area contributed by atoms with Crippen molar-refractivity contribution in [3.63, 3.8) is 0 Å². The average Bonchev–Trinajstić information content (AvgIpc) is 3.20. The van der Waals surface area contributed by atoms with Gasteiger partial charge in [0.2, 0.25) is 5.13 Å². The summed E-state index contributed by atoms with van der Waals surface area (Å²) in [7, 11) is 0. The lowest BCUT2D eigenvalue weighted by Gasteiger charge is -2.27. The number of rotatable bonds is 6. The van der Waals surface area contributed by atoms with Crippen molar-refractivity contribution in [3.8, 4) is 11.3 Å². The highest BCUT2D eigenvalue weighted by Gasteiger charge is 2.13. The Hall–Kier alpha value is -2.61. The molecule has 4 rings (SSSR count). The first-order valence-corrected chi connectivity index (χ1v) is 10.0. The first-order valence-electron chi connectivity index (χ1n) is 9.16. The van der Waals surface area contributed by atoms with E-state index in [1.165, 1.54) is 17.4 Å². The van der Waals surface area contributed by atoms with Crippen LogP contribution in [0.3, 0.4) is 0 Å². The summed E-state index contributed by atoms with van der Waals surface area (Å²) in [5.74, 6) is -0.235. The molecule has 1 fully saturated rings. The molecule has 7 heteroatoms. The summed E-state index contributed by atoms with van der Waals surface area (Å²) in [6.45, 7) is 3.82. The van der Waals surface area contributed by atoms with E-state index in [0.717, 1.165) is 35.5 Å². The predicted octanol–water partition coefficient (Wildman–Crippen LogP) is 4.23. The third-order valence-electron chi connectivity index (χ3n) is 4.54. The fourth-order valence-corrected chi connectivity index (χ4v) is 3.73. The van der Waals surface area contributed by atoms with Crippen LogP contribution >= 0.6 is 11.3 Å². The molecule has 5 nitrogen and oxygen atoms in total. The Morgan fingerprint density at radius 1 is 1.18 bits per heavy atom. The van der Waals surface area contributed by atoms with E-state index in [9.17, 15) is 4.39 Å². The Balaban J connectivity index is 1.44. The number of hydrazone groups is 1. The molecule has 1 aromatic heterocycles. The third-order valence-corrected chi connectivity index (χ3v) is 5.29. The highest BCUT2D eigenvalue weighted by Crippen LogP contribution is 2.24. The van der Waals surface area contributed by atoms with Crippen LogP contribution in [0, 0.1) is 5.82 Å². The highest BCUT2D eigenvalue weighted by atomic mass is 32.1. The maximum Gasteiger partial charge on any atom is 0.203 e. The molecular weight excluding hydrogens is 375 g/mol. The number of benzene rings is 2. The lowest BCUT2D eigenvalue weighted by atomic mass is 10.1. The highest BCUT2D eigenvalue weighted by molar-refractivity contribution is 7.14. The number of morpholine rings is 1. The van der Waals surface area contributed by atoms with Gasteiger partial charge in [0.1, 0.15) is 5.82 Å². The molecule has 2 heterocycles. The number of nitrogens with zero attached hydrogens (tertiary/aromatic N) is 3. The number of thiazole rings is 1. The monoisotopic (exact) mass is 396 g/mol. The van der Waals surface area contributed by atoms with Gasteiger partial charge in [0.25, 0.3) is 0 Å². The maximum atomic E-state index is 13.7. The molecular formula is C21H21FN4OS. The predicted molar refractivity (Wildman–Crippen MR) is 111 cm³/mol. The summed E-state index contributed by atoms with van der Waals surface area (Å²) < 4.78 is 19.1. The minimum Gasteiger partial charge on any atom is -0.379 e. The van der Waals surface area contributed by atoms with Gasteiger partial charge in [-0.25, -0.2) is 9.37 Å². The zero-order valence-corrected chi connectivity index (χ0v) is 16.2. The topological polar surface area (TPSA) is 49.8 Å². The van der Waals surface area contributed by atoms with Crippen LogP contribution in [0.1, 0.15) is 11.1 Å². The summed E-state index contributed by atoms with van der Waals surface area (Å²) in [4.78, 5) is 6.81. The summed E-state index contributed by atoms with van der Waals surface area (Å²) >= 11 is 1.50. The van der Waals surface area contributed by atoms with E-state index >= 15 is 0 Å². The summed E-state index contributed by atoms with van der Waals surface area (Å²) in [6, 6.07) is 14.8. The van der Waals surface area contributed by atoms with Crippen molar-refractivity contribution in [1.82, 2.24) is 9.88 Å². The first kappa shape index (κ1) is 18.7. The number of nitrogens with one attached hydrogen (secondary N) is 1. The molecule has 0 spiro atoms. The second-order valence-electron chi connectivity index (χ2n) is 6.51. The molecule has 0 atom stereocenters. The normalized spacial score (nSPS) is 15.2. The number of ether oxygens (including phenoxy) is 1. The summed E-state index contributed by atoms with van der Waals surface area (Å²) in [6.07, 6.45) is 1.72. The number of halogens is 1. The molecule has 0 amide bonds. The van der Waals surface area contributed by atoms with E-state index in [2.05, 4.69) is 20.4 Å². The van der Waals surface area contributed by atoms with Crippen molar-refractivity contribution in [1.29, 1.82) is 0 Å². The summed E-state index contributed by atoms with van der Waals surface area (Å²) in [5.41, 5.74) is 6.77. The van der Waals surface area contributed by atoms with Crippen molar-refractivity contribution < 1.29 is 9.13 Å². The van der Waals surface area contributed by atoms with Crippen molar-refractivity contribution in [2.75, 3.05) is 31.7 Å². The van der Waals surface area contributed by atoms with Crippen LogP contribution < -0.4 is 5.43 Å². The SMILES string of the molecule is Fc1ccc(C=NNc2nc(-c3ccccc3)cs2)c(CN2CCOCC2)c1. The van der Waals surface area contributed by atoms with Gasteiger partial charge in [-0.15, -0.1) is 11.3 Å². The molecule has 0 saturated carbocycles. The van der Waals surface area contributed by atoms with Gasteiger partial charge in [0, 0.05) is 30.6 Å². The Labute approximate surface area is 167 Å². The number of aromatic nitrogens is 1. The number of hydrogen-bond donors (Lipinski definition) is 1. The number of anilines is 1. The second kappa shape index (κ2) is 9.05. The molecule has 1 N–H and O–H groups in total. The van der Waals surface area contributed by atoms with Gasteiger partial charge in [0.05, 0.1) is 25.1 Å². The van der Waals surface area contributed by atoms with Crippen molar-refractivity contribution in [3.05, 3.63) is 70.9 Å². The molecule has 0 aliphatic carbocycles. The van der Waals surface area contributed by atoms with E-state index in [0.29, 0.717) is 24.9 Å². The van der Waals surface area contributed by atoms with E-state index in [1.807, 2.05) is 35.7 Å². The molecule has 1 aliphatic rings. The minimum absolute atomic E-state index is 0.235. The molecule has 1 aliphatic heterocycles. The Bertz CT molecular complexity index is 939. The molecule has 3 aromatic rings. The number of hydrogen-bond acceptors (Lipinski definition) is 6. The standard InChI is InChI=1S/C21H21FN4OS/c22-19-7-6-17(18(12-19)14-26-8-10-27-11-9-26)13-23-25-21-24-20(15-28-21)16-4-2-1-3-5-16/h1-7,12-13,15H,8-11,14H2,(H,24,25). The van der Waals surface area contributed by atoms with Crippen molar-refractivity contribution in [2.45, 2.75) is 6.54 Å². The first-order chi connectivity index (χ1) is 13.8. The Kier molecular flexibility index (Phi) is 6.06. The van der Waals surface area contributed by atoms with Crippen LogP contribution in [0.2, 0.25) is 0 Å². The fraction of sp³-hybridized carbons (Fsp3) is 0.238. The average molecular weight is 396 g/mol. The van der Waals surface area contributed by atoms with Crippen LogP contribution in [0.5, 0.6) is 0 Å². The van der Waals surface area contributed by atoms with Crippen LogP contribution in [0.25, 0.3) is 11.3 Å². The van der Waals surface area contributed by atoms with Gasteiger partial charge in [-0.2, -0.15) is 5.10 Å². The minimum atomic E-state index is -0.235. The zero-order chi connectivity index (χ0) is 19.2. The molecule has 0 radical (unpaired) electrons. The van der Waals surface area contributed by atoms with Gasteiger partial charge in [-0.1, -0.05) is 36.4 Å². The summed E-state index contributed by atoms with van der Waals surface area (Å²) in [5, 5.41) is 7.02.